The Kier molecular flexibility index (Phi) is 3.67. The Labute approximate surface area is 81.7 Å². The summed E-state index contributed by atoms with van der Waals surface area (Å²) in [6.07, 6.45) is 4.25. The van der Waals surface area contributed by atoms with E-state index in [1.807, 2.05) is 0 Å². The minimum absolute atomic E-state index is 0.224. The number of nitrogens with zero attached hydrogens (tertiary/aromatic N) is 1. The summed E-state index contributed by atoms with van der Waals surface area (Å²) in [5.74, 6) is 0.169. The van der Waals surface area contributed by atoms with Crippen molar-refractivity contribution in [3.63, 3.8) is 0 Å². The van der Waals surface area contributed by atoms with Crippen LogP contribution in [0.15, 0.2) is 35.5 Å². The van der Waals surface area contributed by atoms with Gasteiger partial charge in [-0.2, -0.15) is 0 Å². The van der Waals surface area contributed by atoms with Crippen LogP contribution in [0.1, 0.15) is 0 Å². The Bertz CT molecular complexity index is 361. The van der Waals surface area contributed by atoms with Crippen LogP contribution in [0.25, 0.3) is 0 Å². The minimum atomic E-state index is -0.396. The van der Waals surface area contributed by atoms with Crippen LogP contribution in [0.2, 0.25) is 0 Å². The van der Waals surface area contributed by atoms with Gasteiger partial charge in [-0.3, -0.25) is 4.99 Å². The smallest absolute Gasteiger partial charge is 0.149 e. The Morgan fingerprint density at radius 1 is 1.50 bits per heavy atom. The van der Waals surface area contributed by atoms with Crippen molar-refractivity contribution in [1.29, 1.82) is 0 Å². The molecule has 0 saturated carbocycles. The minimum Gasteiger partial charge on any atom is -0.497 e. The monoisotopic (exact) mass is 194 g/mol. The van der Waals surface area contributed by atoms with Gasteiger partial charge in [0.25, 0.3) is 0 Å². The fourth-order valence-corrected chi connectivity index (χ4v) is 0.891. The number of hydrogen-bond acceptors (Lipinski definition) is 3. The molecule has 0 aromatic heterocycles. The van der Waals surface area contributed by atoms with Gasteiger partial charge in [0, 0.05) is 12.3 Å². The van der Waals surface area contributed by atoms with Crippen LogP contribution < -0.4 is 10.5 Å². The molecule has 0 radical (unpaired) electrons. The van der Waals surface area contributed by atoms with Crippen LogP contribution in [0.4, 0.5) is 10.1 Å². The number of rotatable bonds is 3. The van der Waals surface area contributed by atoms with Crippen molar-refractivity contribution in [3.8, 4) is 5.75 Å². The van der Waals surface area contributed by atoms with Gasteiger partial charge in [-0.1, -0.05) is 0 Å². The second-order valence-electron chi connectivity index (χ2n) is 2.48. The molecule has 0 aliphatic heterocycles. The third kappa shape index (κ3) is 2.58. The van der Waals surface area contributed by atoms with Crippen LogP contribution in [-0.2, 0) is 0 Å². The van der Waals surface area contributed by atoms with E-state index in [4.69, 9.17) is 10.5 Å². The van der Waals surface area contributed by atoms with Crippen LogP contribution in [0.3, 0.4) is 0 Å². The SMILES string of the molecule is COc1ccc(F)c(N=CC=CN)c1. The van der Waals surface area contributed by atoms with Crippen molar-refractivity contribution in [2.45, 2.75) is 0 Å². The molecule has 2 N–H and O–H groups in total. The van der Waals surface area contributed by atoms with Crippen LogP contribution in [-0.4, -0.2) is 13.3 Å². The molecule has 4 heteroatoms. The van der Waals surface area contributed by atoms with E-state index in [-0.39, 0.29) is 5.69 Å². The van der Waals surface area contributed by atoms with Gasteiger partial charge < -0.3 is 10.5 Å². The van der Waals surface area contributed by atoms with Crippen molar-refractivity contribution in [3.05, 3.63) is 36.3 Å². The number of halogens is 1. The summed E-state index contributed by atoms with van der Waals surface area (Å²) < 4.78 is 18.0. The third-order valence-corrected chi connectivity index (χ3v) is 1.56. The number of aliphatic imine (C=N–C) groups is 1. The molecule has 74 valence electrons. The number of hydrogen-bond donors (Lipinski definition) is 1. The molecule has 0 heterocycles. The summed E-state index contributed by atoms with van der Waals surface area (Å²) in [5, 5.41) is 0. The van der Waals surface area contributed by atoms with E-state index >= 15 is 0 Å². The van der Waals surface area contributed by atoms with E-state index < -0.39 is 5.82 Å². The molecule has 0 unspecified atom stereocenters. The molecule has 0 fully saturated rings. The Balaban J connectivity index is 2.94. The Hall–Kier alpha value is -1.84. The van der Waals surface area contributed by atoms with Crippen molar-refractivity contribution in [2.24, 2.45) is 10.7 Å². The number of allylic oxidation sites excluding steroid dienone is 1. The molecule has 1 aromatic rings. The fourth-order valence-electron chi connectivity index (χ4n) is 0.891. The Morgan fingerprint density at radius 2 is 2.29 bits per heavy atom. The number of nitrogens with two attached hydrogens (primary N) is 1. The maximum absolute atomic E-state index is 13.1. The quantitative estimate of drug-likeness (QED) is 0.748. The molecule has 0 saturated heterocycles. The predicted octanol–water partition coefficient (Wildman–Crippen LogP) is 2.01. The summed E-state index contributed by atoms with van der Waals surface area (Å²) in [5.41, 5.74) is 5.32. The van der Waals surface area contributed by atoms with E-state index in [2.05, 4.69) is 4.99 Å². The largest absolute Gasteiger partial charge is 0.497 e. The normalized spacial score (nSPS) is 11.3. The highest BCUT2D eigenvalue weighted by Gasteiger charge is 2.00. The Morgan fingerprint density at radius 3 is 2.93 bits per heavy atom. The maximum Gasteiger partial charge on any atom is 0.149 e. The first kappa shape index (κ1) is 10.2. The van der Waals surface area contributed by atoms with Gasteiger partial charge in [-0.25, -0.2) is 4.39 Å². The van der Waals surface area contributed by atoms with Gasteiger partial charge in [-0.05, 0) is 24.4 Å². The lowest BCUT2D eigenvalue weighted by molar-refractivity contribution is 0.414. The molecule has 0 atom stereocenters. The van der Waals surface area contributed by atoms with Crippen molar-refractivity contribution in [1.82, 2.24) is 0 Å². The molecule has 14 heavy (non-hydrogen) atoms. The average molecular weight is 194 g/mol. The van der Waals surface area contributed by atoms with Crippen LogP contribution in [0.5, 0.6) is 5.75 Å². The molecule has 0 aliphatic rings. The third-order valence-electron chi connectivity index (χ3n) is 1.56. The van der Waals surface area contributed by atoms with Crippen LogP contribution >= 0.6 is 0 Å². The van der Waals surface area contributed by atoms with Crippen molar-refractivity contribution >= 4 is 11.9 Å². The number of methoxy groups -OCH3 is 1. The number of benzene rings is 1. The maximum atomic E-state index is 13.1. The molecule has 0 bridgehead atoms. The topological polar surface area (TPSA) is 47.6 Å². The molecule has 1 rings (SSSR count). The van der Waals surface area contributed by atoms with E-state index in [9.17, 15) is 4.39 Å². The fraction of sp³-hybridized carbons (Fsp3) is 0.100. The second-order valence-corrected chi connectivity index (χ2v) is 2.48. The molecule has 3 nitrogen and oxygen atoms in total. The second kappa shape index (κ2) is 5.01. The van der Waals surface area contributed by atoms with Gasteiger partial charge in [0.2, 0.25) is 0 Å². The summed E-state index contributed by atoms with van der Waals surface area (Å²) in [6, 6.07) is 4.35. The zero-order valence-corrected chi connectivity index (χ0v) is 7.77. The van der Waals surface area contributed by atoms with Crippen molar-refractivity contribution in [2.75, 3.05) is 7.11 Å². The van der Waals surface area contributed by atoms with Crippen molar-refractivity contribution < 1.29 is 9.13 Å². The van der Waals surface area contributed by atoms with Crippen LogP contribution in [0, 0.1) is 5.82 Å². The summed E-state index contributed by atoms with van der Waals surface area (Å²) in [7, 11) is 1.51. The lowest BCUT2D eigenvalue weighted by atomic mass is 10.3. The standard InChI is InChI=1S/C10H11FN2O/c1-14-8-3-4-9(11)10(7-8)13-6-2-5-12/h2-7H,12H2,1H3. The molecular formula is C10H11FN2O. The highest BCUT2D eigenvalue weighted by Crippen LogP contribution is 2.23. The zero-order chi connectivity index (χ0) is 10.4. The van der Waals surface area contributed by atoms with Gasteiger partial charge in [0.05, 0.1) is 7.11 Å². The molecular weight excluding hydrogens is 183 g/mol. The summed E-state index contributed by atoms with van der Waals surface area (Å²) >= 11 is 0. The molecule has 0 amide bonds. The van der Waals surface area contributed by atoms with E-state index in [1.54, 1.807) is 0 Å². The lowest BCUT2D eigenvalue weighted by Gasteiger charge is -2.00. The summed E-state index contributed by atoms with van der Waals surface area (Å²) in [4.78, 5) is 3.86. The van der Waals surface area contributed by atoms with Gasteiger partial charge in [-0.15, -0.1) is 0 Å². The first-order valence-electron chi connectivity index (χ1n) is 4.02. The molecule has 1 aromatic carbocycles. The highest BCUT2D eigenvalue weighted by molar-refractivity contribution is 5.74. The zero-order valence-electron chi connectivity index (χ0n) is 7.77. The first-order chi connectivity index (χ1) is 6.77. The van der Waals surface area contributed by atoms with Gasteiger partial charge in [0.15, 0.2) is 0 Å². The molecule has 0 aliphatic carbocycles. The highest BCUT2D eigenvalue weighted by atomic mass is 19.1. The average Bonchev–Trinajstić information content (AvgIpc) is 2.21. The van der Waals surface area contributed by atoms with Gasteiger partial charge >= 0.3 is 0 Å². The summed E-state index contributed by atoms with van der Waals surface area (Å²) in [6.45, 7) is 0. The van der Waals surface area contributed by atoms with E-state index in [0.717, 1.165) is 0 Å². The predicted molar refractivity (Wildman–Crippen MR) is 54.4 cm³/mol. The number of ether oxygens (including phenoxy) is 1. The first-order valence-corrected chi connectivity index (χ1v) is 4.02. The van der Waals surface area contributed by atoms with E-state index in [1.165, 1.54) is 43.8 Å². The lowest BCUT2D eigenvalue weighted by Crippen LogP contribution is -1.84. The van der Waals surface area contributed by atoms with Gasteiger partial charge in [0.1, 0.15) is 17.3 Å². The van der Waals surface area contributed by atoms with E-state index in [0.29, 0.717) is 5.75 Å². The molecule has 0 spiro atoms.